The standard InChI is InChI=1S/C17H25ClN2O2/c1-4-5-15(10-20-11-16(21)12(20)2)19(3)17(22)13-6-8-14(18)9-7-13/h6-9,12,15-16,21H,4-5,10-11H2,1-3H3/t12-,15+,16+/m1/s1. The van der Waals surface area contributed by atoms with Crippen LogP contribution in [-0.4, -0.2) is 59.1 Å². The van der Waals surface area contributed by atoms with E-state index in [-0.39, 0.29) is 24.1 Å². The summed E-state index contributed by atoms with van der Waals surface area (Å²) < 4.78 is 0. The lowest BCUT2D eigenvalue weighted by molar-refractivity contribution is -0.0614. The van der Waals surface area contributed by atoms with E-state index in [4.69, 9.17) is 11.6 Å². The molecule has 1 fully saturated rings. The van der Waals surface area contributed by atoms with Crippen molar-refractivity contribution < 1.29 is 9.90 Å². The summed E-state index contributed by atoms with van der Waals surface area (Å²) in [6, 6.07) is 7.35. The van der Waals surface area contributed by atoms with Crippen molar-refractivity contribution in [3.05, 3.63) is 34.9 Å². The molecule has 1 aliphatic rings. The number of carbonyl (C=O) groups excluding carboxylic acids is 1. The molecule has 1 aromatic rings. The predicted octanol–water partition coefficient (Wildman–Crippen LogP) is 2.65. The minimum Gasteiger partial charge on any atom is -0.390 e. The fourth-order valence-electron chi connectivity index (χ4n) is 2.88. The first-order valence-electron chi connectivity index (χ1n) is 7.88. The van der Waals surface area contributed by atoms with Crippen LogP contribution in [0.15, 0.2) is 24.3 Å². The highest BCUT2D eigenvalue weighted by Crippen LogP contribution is 2.21. The van der Waals surface area contributed by atoms with E-state index in [0.29, 0.717) is 17.1 Å². The number of nitrogens with zero attached hydrogens (tertiary/aromatic N) is 2. The van der Waals surface area contributed by atoms with Gasteiger partial charge >= 0.3 is 0 Å². The third-order valence-electron chi connectivity index (χ3n) is 4.58. The maximum atomic E-state index is 12.6. The fraction of sp³-hybridized carbons (Fsp3) is 0.588. The van der Waals surface area contributed by atoms with E-state index in [1.807, 2.05) is 18.9 Å². The molecule has 0 aliphatic carbocycles. The van der Waals surface area contributed by atoms with E-state index in [1.54, 1.807) is 24.3 Å². The van der Waals surface area contributed by atoms with Gasteiger partial charge in [0, 0.05) is 42.8 Å². The Morgan fingerprint density at radius 3 is 2.59 bits per heavy atom. The number of hydrogen-bond donors (Lipinski definition) is 1. The van der Waals surface area contributed by atoms with Crippen molar-refractivity contribution in [2.75, 3.05) is 20.1 Å². The van der Waals surface area contributed by atoms with E-state index in [0.717, 1.165) is 19.4 Å². The lowest BCUT2D eigenvalue weighted by Gasteiger charge is -2.46. The number of aliphatic hydroxyl groups is 1. The summed E-state index contributed by atoms with van der Waals surface area (Å²) >= 11 is 5.88. The van der Waals surface area contributed by atoms with Crippen LogP contribution in [0.4, 0.5) is 0 Å². The summed E-state index contributed by atoms with van der Waals surface area (Å²) in [5.41, 5.74) is 0.657. The number of likely N-dealkylation sites (tertiary alicyclic amines) is 1. The smallest absolute Gasteiger partial charge is 0.253 e. The molecule has 0 bridgehead atoms. The number of halogens is 1. The molecule has 1 saturated heterocycles. The third-order valence-corrected chi connectivity index (χ3v) is 4.83. The highest BCUT2D eigenvalue weighted by molar-refractivity contribution is 6.30. The molecule has 3 atom stereocenters. The van der Waals surface area contributed by atoms with Crippen LogP contribution in [0.1, 0.15) is 37.0 Å². The van der Waals surface area contributed by atoms with Crippen molar-refractivity contribution in [2.24, 2.45) is 0 Å². The third kappa shape index (κ3) is 3.80. The average Bonchev–Trinajstić information content (AvgIpc) is 2.52. The Bertz CT molecular complexity index is 506. The topological polar surface area (TPSA) is 43.8 Å². The molecular formula is C17H25ClN2O2. The molecule has 22 heavy (non-hydrogen) atoms. The van der Waals surface area contributed by atoms with Crippen molar-refractivity contribution in [3.63, 3.8) is 0 Å². The van der Waals surface area contributed by atoms with Crippen LogP contribution in [-0.2, 0) is 0 Å². The zero-order valence-electron chi connectivity index (χ0n) is 13.5. The van der Waals surface area contributed by atoms with Crippen molar-refractivity contribution >= 4 is 17.5 Å². The van der Waals surface area contributed by atoms with Gasteiger partial charge in [-0.3, -0.25) is 9.69 Å². The lowest BCUT2D eigenvalue weighted by atomic mass is 9.98. The van der Waals surface area contributed by atoms with Gasteiger partial charge in [-0.05, 0) is 37.6 Å². The minimum atomic E-state index is -0.237. The van der Waals surface area contributed by atoms with Gasteiger partial charge in [0.15, 0.2) is 0 Å². The average molecular weight is 325 g/mol. The van der Waals surface area contributed by atoms with E-state index in [2.05, 4.69) is 11.8 Å². The Balaban J connectivity index is 2.03. The SMILES string of the molecule is CCC[C@@H](CN1C[C@H](O)[C@H]1C)N(C)C(=O)c1ccc(Cl)cc1. The highest BCUT2D eigenvalue weighted by Gasteiger charge is 2.36. The Labute approximate surface area is 137 Å². The van der Waals surface area contributed by atoms with Gasteiger partial charge in [-0.15, -0.1) is 0 Å². The van der Waals surface area contributed by atoms with Gasteiger partial charge in [0.05, 0.1) is 6.10 Å². The monoisotopic (exact) mass is 324 g/mol. The lowest BCUT2D eigenvalue weighted by Crippen LogP contribution is -2.61. The van der Waals surface area contributed by atoms with Crippen LogP contribution in [0.2, 0.25) is 5.02 Å². The molecule has 0 unspecified atom stereocenters. The molecule has 0 saturated carbocycles. The van der Waals surface area contributed by atoms with E-state index >= 15 is 0 Å². The number of benzene rings is 1. The summed E-state index contributed by atoms with van der Waals surface area (Å²) in [4.78, 5) is 16.7. The molecule has 4 nitrogen and oxygen atoms in total. The molecule has 5 heteroatoms. The highest BCUT2D eigenvalue weighted by atomic mass is 35.5. The predicted molar refractivity (Wildman–Crippen MR) is 89.3 cm³/mol. The molecule has 1 amide bonds. The number of likely N-dealkylation sites (N-methyl/N-ethyl adjacent to an activating group) is 1. The first-order chi connectivity index (χ1) is 10.4. The minimum absolute atomic E-state index is 0.0174. The van der Waals surface area contributed by atoms with Crippen molar-refractivity contribution in [1.29, 1.82) is 0 Å². The first-order valence-corrected chi connectivity index (χ1v) is 8.26. The van der Waals surface area contributed by atoms with Crippen molar-refractivity contribution in [3.8, 4) is 0 Å². The van der Waals surface area contributed by atoms with Crippen LogP contribution >= 0.6 is 11.6 Å². The van der Waals surface area contributed by atoms with Gasteiger partial charge in [-0.25, -0.2) is 0 Å². The molecule has 1 heterocycles. The van der Waals surface area contributed by atoms with Gasteiger partial charge in [-0.1, -0.05) is 24.9 Å². The Kier molecular flexibility index (Phi) is 5.84. The molecule has 2 rings (SSSR count). The van der Waals surface area contributed by atoms with Crippen LogP contribution in [0, 0.1) is 0 Å². The van der Waals surface area contributed by atoms with Gasteiger partial charge < -0.3 is 10.0 Å². The largest absolute Gasteiger partial charge is 0.390 e. The maximum Gasteiger partial charge on any atom is 0.253 e. The molecule has 0 spiro atoms. The first kappa shape index (κ1) is 17.3. The van der Waals surface area contributed by atoms with Crippen molar-refractivity contribution in [2.45, 2.75) is 44.9 Å². The molecule has 1 aromatic carbocycles. The summed E-state index contributed by atoms with van der Waals surface area (Å²) in [5.74, 6) is 0.0174. The van der Waals surface area contributed by atoms with Crippen molar-refractivity contribution in [1.82, 2.24) is 9.80 Å². The second kappa shape index (κ2) is 7.44. The Morgan fingerprint density at radius 1 is 1.45 bits per heavy atom. The summed E-state index contributed by atoms with van der Waals surface area (Å²) in [6.45, 7) is 5.66. The number of aliphatic hydroxyl groups excluding tert-OH is 1. The molecule has 0 radical (unpaired) electrons. The molecule has 1 N–H and O–H groups in total. The maximum absolute atomic E-state index is 12.6. The normalized spacial score (nSPS) is 23.0. The Morgan fingerprint density at radius 2 is 2.09 bits per heavy atom. The second-order valence-corrected chi connectivity index (χ2v) is 6.56. The zero-order valence-corrected chi connectivity index (χ0v) is 14.3. The number of amides is 1. The van der Waals surface area contributed by atoms with E-state index in [1.165, 1.54) is 0 Å². The van der Waals surface area contributed by atoms with Gasteiger partial charge in [-0.2, -0.15) is 0 Å². The zero-order chi connectivity index (χ0) is 16.3. The Hall–Kier alpha value is -1.10. The summed E-state index contributed by atoms with van der Waals surface area (Å²) in [7, 11) is 1.86. The van der Waals surface area contributed by atoms with Gasteiger partial charge in [0.25, 0.3) is 5.91 Å². The van der Waals surface area contributed by atoms with Gasteiger partial charge in [0.1, 0.15) is 0 Å². The summed E-state index contributed by atoms with van der Waals surface area (Å²) in [6.07, 6.45) is 1.74. The quantitative estimate of drug-likeness (QED) is 0.875. The van der Waals surface area contributed by atoms with E-state index in [9.17, 15) is 9.90 Å². The number of hydrogen-bond acceptors (Lipinski definition) is 3. The number of carbonyl (C=O) groups is 1. The summed E-state index contributed by atoms with van der Waals surface area (Å²) in [5, 5.41) is 10.3. The van der Waals surface area contributed by atoms with Gasteiger partial charge in [0.2, 0.25) is 0 Å². The van der Waals surface area contributed by atoms with Crippen LogP contribution in [0.25, 0.3) is 0 Å². The number of rotatable bonds is 6. The molecular weight excluding hydrogens is 300 g/mol. The van der Waals surface area contributed by atoms with Crippen LogP contribution in [0.3, 0.4) is 0 Å². The van der Waals surface area contributed by atoms with Crippen LogP contribution in [0.5, 0.6) is 0 Å². The second-order valence-electron chi connectivity index (χ2n) is 6.13. The number of β-amino-alcohol motifs (C(OH)–C–C–N with tert-alkyl or cyclic N) is 1. The molecule has 0 aromatic heterocycles. The fourth-order valence-corrected chi connectivity index (χ4v) is 3.00. The van der Waals surface area contributed by atoms with E-state index < -0.39 is 0 Å². The van der Waals surface area contributed by atoms with Crippen LogP contribution < -0.4 is 0 Å². The molecule has 122 valence electrons. The molecule has 1 aliphatic heterocycles.